The molecule has 0 atom stereocenters. The van der Waals surface area contributed by atoms with E-state index in [2.05, 4.69) is 17.2 Å². The minimum absolute atomic E-state index is 0.802. The van der Waals surface area contributed by atoms with Gasteiger partial charge in [0.05, 0.1) is 10.7 Å². The van der Waals surface area contributed by atoms with Crippen molar-refractivity contribution in [3.8, 4) is 0 Å². The van der Waals surface area contributed by atoms with Gasteiger partial charge in [-0.15, -0.1) is 11.3 Å². The molecule has 0 bridgehead atoms. The lowest BCUT2D eigenvalue weighted by molar-refractivity contribution is 0.688. The van der Waals surface area contributed by atoms with Crippen molar-refractivity contribution >= 4 is 11.3 Å². The maximum absolute atomic E-state index is 4.65. The van der Waals surface area contributed by atoms with E-state index in [1.807, 2.05) is 11.3 Å². The van der Waals surface area contributed by atoms with Crippen LogP contribution in [-0.2, 0) is 6.54 Å². The second-order valence-electron chi connectivity index (χ2n) is 4.47. The van der Waals surface area contributed by atoms with Gasteiger partial charge in [0.25, 0.3) is 0 Å². The molecule has 0 unspecified atom stereocenters. The van der Waals surface area contributed by atoms with Crippen molar-refractivity contribution in [2.45, 2.75) is 51.1 Å². The fraction of sp³-hybridized carbons (Fsp3) is 0.727. The monoisotopic (exact) mass is 208 g/mol. The largest absolute Gasteiger partial charge is 0.309 e. The zero-order valence-corrected chi connectivity index (χ0v) is 9.36. The molecule has 2 fully saturated rings. The van der Waals surface area contributed by atoms with Gasteiger partial charge in [0, 0.05) is 23.4 Å². The van der Waals surface area contributed by atoms with Crippen molar-refractivity contribution in [2.24, 2.45) is 0 Å². The van der Waals surface area contributed by atoms with E-state index >= 15 is 0 Å². The summed E-state index contributed by atoms with van der Waals surface area (Å²) in [5.41, 5.74) is 1.40. The fourth-order valence-corrected chi connectivity index (χ4v) is 2.79. The molecule has 76 valence electrons. The van der Waals surface area contributed by atoms with E-state index in [9.17, 15) is 0 Å². The van der Waals surface area contributed by atoms with Gasteiger partial charge in [-0.25, -0.2) is 4.98 Å². The smallest absolute Gasteiger partial charge is 0.0900 e. The summed E-state index contributed by atoms with van der Waals surface area (Å²) in [7, 11) is 0. The van der Waals surface area contributed by atoms with E-state index in [0.717, 1.165) is 18.5 Å². The first-order chi connectivity index (χ1) is 6.83. The van der Waals surface area contributed by atoms with E-state index in [1.165, 1.54) is 41.3 Å². The second kappa shape index (κ2) is 3.31. The number of aryl methyl sites for hydroxylation is 1. The molecule has 2 saturated carbocycles. The summed E-state index contributed by atoms with van der Waals surface area (Å²) < 4.78 is 0. The third kappa shape index (κ3) is 1.84. The number of hydrogen-bond acceptors (Lipinski definition) is 3. The second-order valence-corrected chi connectivity index (χ2v) is 5.76. The normalized spacial score (nSPS) is 21.5. The highest BCUT2D eigenvalue weighted by Crippen LogP contribution is 2.42. The molecular formula is C11H16N2S. The molecule has 0 amide bonds. The van der Waals surface area contributed by atoms with Gasteiger partial charge in [0.2, 0.25) is 0 Å². The average Bonchev–Trinajstić information content (AvgIpc) is 3.03. The van der Waals surface area contributed by atoms with E-state index in [0.29, 0.717) is 0 Å². The van der Waals surface area contributed by atoms with Crippen molar-refractivity contribution in [1.29, 1.82) is 0 Å². The number of rotatable bonds is 4. The Morgan fingerprint density at radius 2 is 2.14 bits per heavy atom. The molecule has 2 aliphatic rings. The van der Waals surface area contributed by atoms with Crippen LogP contribution in [0.4, 0.5) is 0 Å². The molecule has 2 nitrogen and oxygen atoms in total. The number of nitrogens with zero attached hydrogens (tertiary/aromatic N) is 1. The van der Waals surface area contributed by atoms with E-state index < -0.39 is 0 Å². The third-order valence-corrected chi connectivity index (χ3v) is 3.91. The van der Waals surface area contributed by atoms with E-state index in [4.69, 9.17) is 0 Å². The zero-order chi connectivity index (χ0) is 9.54. The number of aromatic nitrogens is 1. The Hall–Kier alpha value is -0.410. The Kier molecular flexibility index (Phi) is 2.10. The Morgan fingerprint density at radius 3 is 2.79 bits per heavy atom. The molecular weight excluding hydrogens is 192 g/mol. The van der Waals surface area contributed by atoms with Gasteiger partial charge in [-0.1, -0.05) is 0 Å². The lowest BCUT2D eigenvalue weighted by Crippen LogP contribution is -2.15. The highest BCUT2D eigenvalue weighted by Gasteiger charge is 2.29. The molecule has 1 heterocycles. The first-order valence-corrected chi connectivity index (χ1v) is 6.34. The van der Waals surface area contributed by atoms with Crippen molar-refractivity contribution in [2.75, 3.05) is 0 Å². The molecule has 0 spiro atoms. The topological polar surface area (TPSA) is 24.9 Å². The highest BCUT2D eigenvalue weighted by atomic mass is 32.1. The molecule has 1 aromatic rings. The summed E-state index contributed by atoms with van der Waals surface area (Å²) in [5.74, 6) is 0.802. The summed E-state index contributed by atoms with van der Waals surface area (Å²) in [6, 6.07) is 0.810. The minimum Gasteiger partial charge on any atom is -0.309 e. The van der Waals surface area contributed by atoms with Gasteiger partial charge >= 0.3 is 0 Å². The summed E-state index contributed by atoms with van der Waals surface area (Å²) in [6.07, 6.45) is 5.46. The Balaban J connectivity index is 1.72. The van der Waals surface area contributed by atoms with Gasteiger partial charge in [-0.05, 0) is 32.6 Å². The van der Waals surface area contributed by atoms with Crippen LogP contribution >= 0.6 is 11.3 Å². The average molecular weight is 208 g/mol. The van der Waals surface area contributed by atoms with Gasteiger partial charge in [-0.3, -0.25) is 0 Å². The molecule has 0 saturated heterocycles. The summed E-state index contributed by atoms with van der Waals surface area (Å²) >= 11 is 1.88. The Bertz CT molecular complexity index is 337. The first kappa shape index (κ1) is 8.86. The lowest BCUT2D eigenvalue weighted by Gasteiger charge is -2.01. The Labute approximate surface area is 88.7 Å². The molecule has 3 rings (SSSR count). The van der Waals surface area contributed by atoms with E-state index in [-0.39, 0.29) is 0 Å². The standard InChI is InChI=1S/C11H16N2S/c1-7-13-11(8-2-3-8)10(14-7)6-12-9-4-5-9/h8-9,12H,2-6H2,1H3. The minimum atomic E-state index is 0.802. The van der Waals surface area contributed by atoms with Gasteiger partial charge in [-0.2, -0.15) is 0 Å². The molecule has 2 aliphatic carbocycles. The lowest BCUT2D eigenvalue weighted by atomic mass is 10.2. The van der Waals surface area contributed by atoms with Gasteiger partial charge in [0.1, 0.15) is 0 Å². The van der Waals surface area contributed by atoms with Crippen molar-refractivity contribution in [1.82, 2.24) is 10.3 Å². The van der Waals surface area contributed by atoms with Crippen molar-refractivity contribution < 1.29 is 0 Å². The van der Waals surface area contributed by atoms with Crippen LogP contribution in [0, 0.1) is 6.92 Å². The van der Waals surface area contributed by atoms with Crippen LogP contribution < -0.4 is 5.32 Å². The van der Waals surface area contributed by atoms with E-state index in [1.54, 1.807) is 0 Å². The SMILES string of the molecule is Cc1nc(C2CC2)c(CNC2CC2)s1. The van der Waals surface area contributed by atoms with Crippen LogP contribution in [-0.4, -0.2) is 11.0 Å². The van der Waals surface area contributed by atoms with Crippen molar-refractivity contribution in [3.63, 3.8) is 0 Å². The molecule has 0 aromatic carbocycles. The van der Waals surface area contributed by atoms with Crippen LogP contribution in [0.25, 0.3) is 0 Å². The van der Waals surface area contributed by atoms with Crippen LogP contribution in [0.1, 0.15) is 47.2 Å². The number of hydrogen-bond donors (Lipinski definition) is 1. The molecule has 1 N–H and O–H groups in total. The number of thiazole rings is 1. The molecule has 0 radical (unpaired) electrons. The van der Waals surface area contributed by atoms with Crippen LogP contribution in [0.5, 0.6) is 0 Å². The third-order valence-electron chi connectivity index (χ3n) is 2.93. The van der Waals surface area contributed by atoms with Crippen LogP contribution in [0.2, 0.25) is 0 Å². The Morgan fingerprint density at radius 1 is 1.36 bits per heavy atom. The van der Waals surface area contributed by atoms with Crippen LogP contribution in [0.3, 0.4) is 0 Å². The fourth-order valence-electron chi connectivity index (χ4n) is 1.81. The predicted molar refractivity (Wildman–Crippen MR) is 58.7 cm³/mol. The maximum atomic E-state index is 4.65. The summed E-state index contributed by atoms with van der Waals surface area (Å²) in [6.45, 7) is 3.18. The number of nitrogens with one attached hydrogen (secondary N) is 1. The molecule has 3 heteroatoms. The van der Waals surface area contributed by atoms with Gasteiger partial charge < -0.3 is 5.32 Å². The predicted octanol–water partition coefficient (Wildman–Crippen LogP) is 2.58. The molecule has 0 aliphatic heterocycles. The zero-order valence-electron chi connectivity index (χ0n) is 8.55. The van der Waals surface area contributed by atoms with Crippen LogP contribution in [0.15, 0.2) is 0 Å². The molecule has 14 heavy (non-hydrogen) atoms. The first-order valence-electron chi connectivity index (χ1n) is 5.52. The summed E-state index contributed by atoms with van der Waals surface area (Å²) in [4.78, 5) is 6.15. The maximum Gasteiger partial charge on any atom is 0.0900 e. The summed E-state index contributed by atoms with van der Waals surface area (Å²) in [5, 5.41) is 4.82. The quantitative estimate of drug-likeness (QED) is 0.822. The van der Waals surface area contributed by atoms with Crippen molar-refractivity contribution in [3.05, 3.63) is 15.6 Å². The highest BCUT2D eigenvalue weighted by molar-refractivity contribution is 7.11. The van der Waals surface area contributed by atoms with Gasteiger partial charge in [0.15, 0.2) is 0 Å². The molecule has 1 aromatic heterocycles.